The van der Waals surface area contributed by atoms with Crippen LogP contribution in [0, 0.1) is 5.92 Å². The van der Waals surface area contributed by atoms with Crippen molar-refractivity contribution in [3.05, 3.63) is 28.8 Å². The van der Waals surface area contributed by atoms with Crippen molar-refractivity contribution >= 4 is 27.6 Å². The van der Waals surface area contributed by atoms with Gasteiger partial charge >= 0.3 is 5.97 Å². The Morgan fingerprint density at radius 2 is 2.10 bits per heavy atom. The molecule has 1 aromatic carbocycles. The molecule has 1 unspecified atom stereocenters. The molecule has 1 aliphatic heterocycles. The number of carboxylic acid groups (broad SMARTS) is 1. The molecule has 0 radical (unpaired) electrons. The van der Waals surface area contributed by atoms with Crippen LogP contribution in [0.4, 0.5) is 0 Å². The molecule has 7 heteroatoms. The number of aromatic carboxylic acids is 1. The minimum Gasteiger partial charge on any atom is -0.478 e. The van der Waals surface area contributed by atoms with Crippen molar-refractivity contribution in [3.63, 3.8) is 0 Å². The molecule has 1 aromatic rings. The molecule has 21 heavy (non-hydrogen) atoms. The summed E-state index contributed by atoms with van der Waals surface area (Å²) >= 11 is 5.99. The minimum absolute atomic E-state index is 0.0504. The second-order valence-corrected chi connectivity index (χ2v) is 7.79. The maximum Gasteiger partial charge on any atom is 0.335 e. The Labute approximate surface area is 129 Å². The first-order chi connectivity index (χ1) is 9.75. The van der Waals surface area contributed by atoms with E-state index in [-0.39, 0.29) is 27.4 Å². The summed E-state index contributed by atoms with van der Waals surface area (Å²) in [5.41, 5.74) is -0.0849. The number of hydrogen-bond acceptors (Lipinski definition) is 3. The molecule has 0 saturated carbocycles. The van der Waals surface area contributed by atoms with Crippen LogP contribution in [0.3, 0.4) is 0 Å². The molecule has 1 atom stereocenters. The minimum atomic E-state index is -3.78. The van der Waals surface area contributed by atoms with Crippen LogP contribution in [0.2, 0.25) is 5.02 Å². The van der Waals surface area contributed by atoms with E-state index in [0.29, 0.717) is 6.54 Å². The molecule has 1 saturated heterocycles. The average molecular weight is 332 g/mol. The first-order valence-electron chi connectivity index (χ1n) is 6.80. The van der Waals surface area contributed by atoms with Gasteiger partial charge in [0.05, 0.1) is 10.6 Å². The van der Waals surface area contributed by atoms with Gasteiger partial charge in [-0.3, -0.25) is 0 Å². The number of halogens is 1. The first kappa shape index (κ1) is 16.3. The molecule has 2 rings (SSSR count). The number of carbonyl (C=O) groups is 1. The summed E-state index contributed by atoms with van der Waals surface area (Å²) in [6.45, 7) is 4.40. The summed E-state index contributed by atoms with van der Waals surface area (Å²) < 4.78 is 27.0. The molecule has 0 aromatic heterocycles. The molecule has 0 aliphatic carbocycles. The normalized spacial score (nSPS) is 20.1. The zero-order valence-electron chi connectivity index (χ0n) is 11.9. The Hall–Kier alpha value is -1.11. The van der Waals surface area contributed by atoms with Gasteiger partial charge < -0.3 is 5.11 Å². The van der Waals surface area contributed by atoms with E-state index in [1.165, 1.54) is 16.4 Å². The lowest BCUT2D eigenvalue weighted by atomic mass is 10.0. The SMILES string of the molecule is CC(C)C1CCCN1S(=O)(=O)c1cc(C(=O)O)ccc1Cl. The van der Waals surface area contributed by atoms with Gasteiger partial charge in [-0.25, -0.2) is 13.2 Å². The van der Waals surface area contributed by atoms with Gasteiger partial charge in [0.25, 0.3) is 0 Å². The van der Waals surface area contributed by atoms with Gasteiger partial charge in [0.1, 0.15) is 4.90 Å². The Bertz CT molecular complexity index is 657. The third kappa shape index (κ3) is 3.07. The number of sulfonamides is 1. The van der Waals surface area contributed by atoms with Crippen molar-refractivity contribution in [3.8, 4) is 0 Å². The lowest BCUT2D eigenvalue weighted by Gasteiger charge is -2.27. The zero-order chi connectivity index (χ0) is 15.8. The van der Waals surface area contributed by atoms with Crippen LogP contribution in [-0.2, 0) is 10.0 Å². The second kappa shape index (κ2) is 5.94. The van der Waals surface area contributed by atoms with E-state index in [1.807, 2.05) is 13.8 Å². The molecule has 116 valence electrons. The van der Waals surface area contributed by atoms with Crippen LogP contribution in [-0.4, -0.2) is 36.4 Å². The third-order valence-electron chi connectivity index (χ3n) is 3.78. The zero-order valence-corrected chi connectivity index (χ0v) is 13.5. The first-order valence-corrected chi connectivity index (χ1v) is 8.61. The third-order valence-corrected chi connectivity index (χ3v) is 6.19. The number of carboxylic acids is 1. The molecule has 0 bridgehead atoms. The van der Waals surface area contributed by atoms with E-state index in [0.717, 1.165) is 18.9 Å². The summed E-state index contributed by atoms with van der Waals surface area (Å²) in [4.78, 5) is 10.9. The van der Waals surface area contributed by atoms with Crippen LogP contribution in [0.1, 0.15) is 37.0 Å². The largest absolute Gasteiger partial charge is 0.478 e. The van der Waals surface area contributed by atoms with E-state index in [4.69, 9.17) is 16.7 Å². The fraction of sp³-hybridized carbons (Fsp3) is 0.500. The Kier molecular flexibility index (Phi) is 4.60. The second-order valence-electron chi connectivity index (χ2n) is 5.52. The standard InChI is InChI=1S/C14H18ClNO4S/c1-9(2)12-4-3-7-16(12)21(19,20)13-8-10(14(17)18)5-6-11(13)15/h5-6,8-9,12H,3-4,7H2,1-2H3,(H,17,18). The summed E-state index contributed by atoms with van der Waals surface area (Å²) in [7, 11) is -3.78. The van der Waals surface area contributed by atoms with Crippen LogP contribution < -0.4 is 0 Å². The van der Waals surface area contributed by atoms with Crippen LogP contribution in [0.15, 0.2) is 23.1 Å². The van der Waals surface area contributed by atoms with Crippen LogP contribution in [0.25, 0.3) is 0 Å². The average Bonchev–Trinajstić information content (AvgIpc) is 2.88. The number of rotatable bonds is 4. The van der Waals surface area contributed by atoms with Crippen molar-refractivity contribution in [1.29, 1.82) is 0 Å². The van der Waals surface area contributed by atoms with E-state index in [2.05, 4.69) is 0 Å². The van der Waals surface area contributed by atoms with Crippen molar-refractivity contribution in [1.82, 2.24) is 4.31 Å². The molecule has 5 nitrogen and oxygen atoms in total. The highest BCUT2D eigenvalue weighted by atomic mass is 35.5. The molecule has 0 spiro atoms. The molecular weight excluding hydrogens is 314 g/mol. The summed E-state index contributed by atoms with van der Waals surface area (Å²) in [6, 6.07) is 3.68. The number of nitrogens with zero attached hydrogens (tertiary/aromatic N) is 1. The summed E-state index contributed by atoms with van der Waals surface area (Å²) in [5, 5.41) is 9.07. The molecule has 1 aliphatic rings. The van der Waals surface area contributed by atoms with E-state index >= 15 is 0 Å². The Morgan fingerprint density at radius 3 is 2.67 bits per heavy atom. The van der Waals surface area contributed by atoms with Crippen molar-refractivity contribution in [2.24, 2.45) is 5.92 Å². The highest BCUT2D eigenvalue weighted by Crippen LogP contribution is 2.33. The smallest absolute Gasteiger partial charge is 0.335 e. The highest BCUT2D eigenvalue weighted by molar-refractivity contribution is 7.89. The molecular formula is C14H18ClNO4S. The number of benzene rings is 1. The Balaban J connectivity index is 2.49. The molecule has 1 N–H and O–H groups in total. The fourth-order valence-corrected chi connectivity index (χ4v) is 5.02. The van der Waals surface area contributed by atoms with Crippen molar-refractivity contribution in [2.45, 2.75) is 37.6 Å². The molecule has 1 fully saturated rings. The summed E-state index contributed by atoms with van der Waals surface area (Å²) in [6.07, 6.45) is 1.62. The van der Waals surface area contributed by atoms with Gasteiger partial charge in [0.15, 0.2) is 0 Å². The number of hydrogen-bond donors (Lipinski definition) is 1. The monoisotopic (exact) mass is 331 g/mol. The Morgan fingerprint density at radius 1 is 1.43 bits per heavy atom. The van der Waals surface area contributed by atoms with Gasteiger partial charge in [0.2, 0.25) is 10.0 Å². The molecule has 0 amide bonds. The van der Waals surface area contributed by atoms with E-state index < -0.39 is 16.0 Å². The maximum absolute atomic E-state index is 12.8. The lowest BCUT2D eigenvalue weighted by Crippen LogP contribution is -2.38. The molecule has 1 heterocycles. The van der Waals surface area contributed by atoms with Crippen LogP contribution in [0.5, 0.6) is 0 Å². The maximum atomic E-state index is 12.8. The van der Waals surface area contributed by atoms with E-state index in [1.54, 1.807) is 0 Å². The summed E-state index contributed by atoms with van der Waals surface area (Å²) in [5.74, 6) is -0.978. The van der Waals surface area contributed by atoms with Crippen molar-refractivity contribution in [2.75, 3.05) is 6.54 Å². The predicted octanol–water partition coefficient (Wildman–Crippen LogP) is 2.85. The van der Waals surface area contributed by atoms with Crippen LogP contribution >= 0.6 is 11.6 Å². The quantitative estimate of drug-likeness (QED) is 0.920. The van der Waals surface area contributed by atoms with Gasteiger partial charge in [-0.1, -0.05) is 25.4 Å². The van der Waals surface area contributed by atoms with Gasteiger partial charge in [0, 0.05) is 12.6 Å². The predicted molar refractivity (Wildman–Crippen MR) is 80.2 cm³/mol. The topological polar surface area (TPSA) is 74.7 Å². The lowest BCUT2D eigenvalue weighted by molar-refractivity contribution is 0.0696. The van der Waals surface area contributed by atoms with Gasteiger partial charge in [-0.2, -0.15) is 4.31 Å². The van der Waals surface area contributed by atoms with Gasteiger partial charge in [-0.15, -0.1) is 0 Å². The fourth-order valence-electron chi connectivity index (χ4n) is 2.69. The highest BCUT2D eigenvalue weighted by Gasteiger charge is 2.37. The van der Waals surface area contributed by atoms with Crippen molar-refractivity contribution < 1.29 is 18.3 Å². The van der Waals surface area contributed by atoms with E-state index in [9.17, 15) is 13.2 Å². The van der Waals surface area contributed by atoms with Gasteiger partial charge in [-0.05, 0) is 37.0 Å².